The maximum absolute atomic E-state index is 12.1. The number of rotatable bonds is 9. The van der Waals surface area contributed by atoms with Crippen molar-refractivity contribution < 1.29 is 19.0 Å². The van der Waals surface area contributed by atoms with Gasteiger partial charge in [-0.15, -0.1) is 0 Å². The number of aromatic nitrogens is 3. The van der Waals surface area contributed by atoms with E-state index in [-0.39, 0.29) is 12.5 Å². The number of hydrogen-bond donors (Lipinski definition) is 2. The first-order valence-electron chi connectivity index (χ1n) is 10.7. The van der Waals surface area contributed by atoms with E-state index in [9.17, 15) is 4.79 Å². The number of aromatic amines is 1. The predicted octanol–water partition coefficient (Wildman–Crippen LogP) is 2.04. The van der Waals surface area contributed by atoms with Crippen molar-refractivity contribution in [3.63, 3.8) is 0 Å². The molecule has 0 saturated carbocycles. The first-order chi connectivity index (χ1) is 15.2. The van der Waals surface area contributed by atoms with E-state index >= 15 is 0 Å². The number of carbonyl (C=O) groups excluding carboxylic acids is 1. The second kappa shape index (κ2) is 10.0. The van der Waals surface area contributed by atoms with Crippen LogP contribution in [0.5, 0.6) is 0 Å². The summed E-state index contributed by atoms with van der Waals surface area (Å²) in [6, 6.07) is 6.15. The van der Waals surface area contributed by atoms with Crippen LogP contribution in [-0.2, 0) is 32.0 Å². The lowest BCUT2D eigenvalue weighted by molar-refractivity contribution is -0.140. The van der Waals surface area contributed by atoms with Crippen molar-refractivity contribution in [1.29, 1.82) is 0 Å². The van der Waals surface area contributed by atoms with Crippen LogP contribution in [0.15, 0.2) is 18.2 Å². The molecule has 0 bridgehead atoms. The first kappa shape index (κ1) is 21.5. The van der Waals surface area contributed by atoms with Crippen LogP contribution >= 0.6 is 0 Å². The lowest BCUT2D eigenvalue weighted by atomic mass is 10.1. The van der Waals surface area contributed by atoms with Crippen LogP contribution in [0.3, 0.4) is 0 Å². The molecule has 9 heteroatoms. The number of carbonyl (C=O) groups is 1. The van der Waals surface area contributed by atoms with Crippen LogP contribution in [0.1, 0.15) is 24.7 Å². The highest BCUT2D eigenvalue weighted by molar-refractivity contribution is 6.06. The SMILES string of the molecule is CCOCc1nc2c(N)nc3ccc(CCCOCC(=O)N4CCOCC4)cc3c2[nH]1. The van der Waals surface area contributed by atoms with Gasteiger partial charge in [-0.05, 0) is 37.5 Å². The highest BCUT2D eigenvalue weighted by Gasteiger charge is 2.16. The maximum atomic E-state index is 12.1. The molecule has 0 radical (unpaired) electrons. The monoisotopic (exact) mass is 427 g/mol. The number of fused-ring (bicyclic) bond motifs is 3. The number of nitrogens with one attached hydrogen (secondary N) is 1. The Morgan fingerprint density at radius 1 is 1.26 bits per heavy atom. The molecular formula is C22H29N5O4. The van der Waals surface area contributed by atoms with Gasteiger partial charge in [0.2, 0.25) is 5.91 Å². The van der Waals surface area contributed by atoms with Crippen LogP contribution in [0.25, 0.3) is 21.9 Å². The number of aryl methyl sites for hydroxylation is 1. The quantitative estimate of drug-likeness (QED) is 0.502. The van der Waals surface area contributed by atoms with Crippen molar-refractivity contribution in [2.45, 2.75) is 26.4 Å². The third-order valence-corrected chi connectivity index (χ3v) is 5.35. The van der Waals surface area contributed by atoms with Gasteiger partial charge in [0, 0.05) is 31.7 Å². The first-order valence-corrected chi connectivity index (χ1v) is 10.7. The number of hydrogen-bond acceptors (Lipinski definition) is 7. The summed E-state index contributed by atoms with van der Waals surface area (Å²) in [6.45, 7) is 6.13. The number of nitrogen functional groups attached to an aromatic ring is 1. The minimum Gasteiger partial charge on any atom is -0.382 e. The number of ether oxygens (including phenoxy) is 3. The molecule has 166 valence electrons. The molecule has 0 unspecified atom stereocenters. The highest BCUT2D eigenvalue weighted by Crippen LogP contribution is 2.27. The van der Waals surface area contributed by atoms with Gasteiger partial charge in [0.25, 0.3) is 0 Å². The number of anilines is 1. The average molecular weight is 428 g/mol. The number of imidazole rings is 1. The van der Waals surface area contributed by atoms with E-state index in [1.165, 1.54) is 5.56 Å². The molecule has 1 fully saturated rings. The second-order valence-electron chi connectivity index (χ2n) is 7.54. The summed E-state index contributed by atoms with van der Waals surface area (Å²) in [6.07, 6.45) is 1.67. The molecule has 31 heavy (non-hydrogen) atoms. The third kappa shape index (κ3) is 5.12. The largest absolute Gasteiger partial charge is 0.382 e. The molecule has 0 atom stereocenters. The van der Waals surface area contributed by atoms with Crippen molar-refractivity contribution in [2.24, 2.45) is 0 Å². The number of H-pyrrole nitrogens is 1. The molecule has 1 aromatic carbocycles. The molecule has 0 spiro atoms. The van der Waals surface area contributed by atoms with Crippen LogP contribution < -0.4 is 5.73 Å². The van der Waals surface area contributed by atoms with E-state index < -0.39 is 0 Å². The Balaban J connectivity index is 1.36. The summed E-state index contributed by atoms with van der Waals surface area (Å²) >= 11 is 0. The van der Waals surface area contributed by atoms with E-state index in [1.54, 1.807) is 4.90 Å². The molecule has 3 N–H and O–H groups in total. The highest BCUT2D eigenvalue weighted by atomic mass is 16.5. The van der Waals surface area contributed by atoms with Crippen LogP contribution in [0, 0.1) is 0 Å². The second-order valence-corrected chi connectivity index (χ2v) is 7.54. The zero-order valence-electron chi connectivity index (χ0n) is 17.9. The number of pyridine rings is 1. The molecule has 1 amide bonds. The van der Waals surface area contributed by atoms with Crippen molar-refractivity contribution in [2.75, 3.05) is 51.9 Å². The topological polar surface area (TPSA) is 116 Å². The van der Waals surface area contributed by atoms with Gasteiger partial charge in [-0.25, -0.2) is 9.97 Å². The van der Waals surface area contributed by atoms with Gasteiger partial charge in [0.05, 0.1) is 24.2 Å². The Morgan fingerprint density at radius 2 is 2.10 bits per heavy atom. The maximum Gasteiger partial charge on any atom is 0.248 e. The Bertz CT molecular complexity index is 1050. The molecular weight excluding hydrogens is 398 g/mol. The van der Waals surface area contributed by atoms with Gasteiger partial charge in [-0.2, -0.15) is 0 Å². The fourth-order valence-corrected chi connectivity index (χ4v) is 3.73. The number of morpholine rings is 1. The minimum absolute atomic E-state index is 0.0298. The van der Waals surface area contributed by atoms with Crippen molar-refractivity contribution in [3.8, 4) is 0 Å². The third-order valence-electron chi connectivity index (χ3n) is 5.35. The molecule has 0 aliphatic carbocycles. The Labute approximate surface area is 180 Å². The summed E-state index contributed by atoms with van der Waals surface area (Å²) < 4.78 is 16.3. The fraction of sp³-hybridized carbons (Fsp3) is 0.500. The molecule has 3 aromatic rings. The Kier molecular flexibility index (Phi) is 6.96. The van der Waals surface area contributed by atoms with Gasteiger partial charge >= 0.3 is 0 Å². The summed E-state index contributed by atoms with van der Waals surface area (Å²) in [5, 5.41) is 0.986. The van der Waals surface area contributed by atoms with E-state index in [0.717, 1.165) is 35.1 Å². The normalized spacial score (nSPS) is 14.5. The summed E-state index contributed by atoms with van der Waals surface area (Å²) in [4.78, 5) is 26.3. The predicted molar refractivity (Wildman–Crippen MR) is 118 cm³/mol. The zero-order valence-corrected chi connectivity index (χ0v) is 17.9. The van der Waals surface area contributed by atoms with Gasteiger partial charge in [-0.3, -0.25) is 4.79 Å². The van der Waals surface area contributed by atoms with Gasteiger partial charge in [0.1, 0.15) is 24.6 Å². The Hall–Kier alpha value is -2.75. The smallest absolute Gasteiger partial charge is 0.248 e. The summed E-state index contributed by atoms with van der Waals surface area (Å²) in [5.41, 5.74) is 9.65. The fourth-order valence-electron chi connectivity index (χ4n) is 3.73. The van der Waals surface area contributed by atoms with E-state index in [0.29, 0.717) is 57.5 Å². The standard InChI is InChI=1S/C22H29N5O4/c1-2-29-13-18-25-20-16-12-15(5-6-17(16)24-22(23)21(20)26-18)4-3-9-31-14-19(28)27-7-10-30-11-8-27/h5-6,12H,2-4,7-11,13-14H2,1H3,(H2,23,24)(H,25,26). The molecule has 2 aromatic heterocycles. The molecule has 1 aliphatic rings. The number of nitrogens with zero attached hydrogens (tertiary/aromatic N) is 3. The molecule has 1 saturated heterocycles. The van der Waals surface area contributed by atoms with Gasteiger partial charge in [-0.1, -0.05) is 6.07 Å². The van der Waals surface area contributed by atoms with E-state index in [4.69, 9.17) is 19.9 Å². The number of nitrogens with two attached hydrogens (primary N) is 1. The molecule has 4 rings (SSSR count). The molecule has 1 aliphatic heterocycles. The molecule has 3 heterocycles. The zero-order chi connectivity index (χ0) is 21.6. The van der Waals surface area contributed by atoms with Gasteiger partial charge < -0.3 is 29.8 Å². The van der Waals surface area contributed by atoms with Crippen molar-refractivity contribution >= 4 is 33.7 Å². The summed E-state index contributed by atoms with van der Waals surface area (Å²) in [7, 11) is 0. The lowest BCUT2D eigenvalue weighted by Crippen LogP contribution is -2.42. The minimum atomic E-state index is 0.0298. The summed E-state index contributed by atoms with van der Waals surface area (Å²) in [5.74, 6) is 1.18. The van der Waals surface area contributed by atoms with Crippen molar-refractivity contribution in [1.82, 2.24) is 19.9 Å². The van der Waals surface area contributed by atoms with Crippen LogP contribution in [-0.4, -0.2) is 71.9 Å². The van der Waals surface area contributed by atoms with E-state index in [1.807, 2.05) is 13.0 Å². The van der Waals surface area contributed by atoms with E-state index in [2.05, 4.69) is 27.1 Å². The van der Waals surface area contributed by atoms with Crippen LogP contribution in [0.2, 0.25) is 0 Å². The number of amides is 1. The Morgan fingerprint density at radius 3 is 2.90 bits per heavy atom. The average Bonchev–Trinajstić information content (AvgIpc) is 3.23. The number of benzene rings is 1. The van der Waals surface area contributed by atoms with Gasteiger partial charge in [0.15, 0.2) is 5.82 Å². The lowest BCUT2D eigenvalue weighted by Gasteiger charge is -2.26. The van der Waals surface area contributed by atoms with Crippen molar-refractivity contribution in [3.05, 3.63) is 29.6 Å². The van der Waals surface area contributed by atoms with Crippen LogP contribution in [0.4, 0.5) is 5.82 Å². The molecule has 9 nitrogen and oxygen atoms in total.